The van der Waals surface area contributed by atoms with Gasteiger partial charge in [-0.25, -0.2) is 8.42 Å². The van der Waals surface area contributed by atoms with E-state index < -0.39 is 9.84 Å². The Bertz CT molecular complexity index is 357. The van der Waals surface area contributed by atoms with Gasteiger partial charge in [-0.3, -0.25) is 0 Å². The summed E-state index contributed by atoms with van der Waals surface area (Å²) in [7, 11) is -2.81. The number of sulfone groups is 1. The van der Waals surface area contributed by atoms with E-state index in [9.17, 15) is 8.42 Å². The van der Waals surface area contributed by atoms with Gasteiger partial charge in [-0.05, 0) is 24.4 Å². The zero-order valence-electron chi connectivity index (χ0n) is 8.90. The Morgan fingerprint density at radius 2 is 2.20 bits per heavy atom. The van der Waals surface area contributed by atoms with Gasteiger partial charge in [-0.2, -0.15) is 0 Å². The summed E-state index contributed by atoms with van der Waals surface area (Å²) in [6.45, 7) is 3.09. The molecule has 0 bridgehead atoms. The Balaban J connectivity index is 2.08. The minimum Gasteiger partial charge on any atom is -0.315 e. The van der Waals surface area contributed by atoms with Gasteiger partial charge in [-0.1, -0.05) is 13.0 Å². The molecule has 1 aromatic heterocycles. The average molecular weight is 247 g/mol. The van der Waals surface area contributed by atoms with Gasteiger partial charge in [0.05, 0.1) is 5.75 Å². The molecule has 1 rings (SSSR count). The molecule has 15 heavy (non-hydrogen) atoms. The van der Waals surface area contributed by atoms with Gasteiger partial charge in [0.15, 0.2) is 9.84 Å². The van der Waals surface area contributed by atoms with Gasteiger partial charge in [0.25, 0.3) is 0 Å². The number of hydrogen-bond acceptors (Lipinski definition) is 4. The molecular weight excluding hydrogens is 230 g/mol. The minimum atomic E-state index is -2.81. The van der Waals surface area contributed by atoms with Crippen molar-refractivity contribution in [1.82, 2.24) is 5.32 Å². The fraction of sp³-hybridized carbons (Fsp3) is 0.600. The van der Waals surface area contributed by atoms with E-state index in [1.807, 2.05) is 6.07 Å². The summed E-state index contributed by atoms with van der Waals surface area (Å²) in [6, 6.07) is 4.12. The number of rotatable bonds is 7. The fourth-order valence-electron chi connectivity index (χ4n) is 1.16. The van der Waals surface area contributed by atoms with Crippen LogP contribution < -0.4 is 5.32 Å². The van der Waals surface area contributed by atoms with E-state index in [1.165, 1.54) is 4.88 Å². The second-order valence-corrected chi connectivity index (χ2v) is 6.82. The molecule has 86 valence electrons. The predicted molar refractivity (Wildman–Crippen MR) is 65.2 cm³/mol. The van der Waals surface area contributed by atoms with E-state index in [1.54, 1.807) is 18.3 Å². The smallest absolute Gasteiger partial charge is 0.151 e. The molecule has 0 saturated heterocycles. The number of nitrogens with one attached hydrogen (secondary N) is 1. The molecule has 0 aliphatic rings. The van der Waals surface area contributed by atoms with Crippen molar-refractivity contribution in [1.29, 1.82) is 0 Å². The molecular formula is C10H17NO2S2. The van der Waals surface area contributed by atoms with Crippen LogP contribution in [0.25, 0.3) is 0 Å². The largest absolute Gasteiger partial charge is 0.315 e. The summed E-state index contributed by atoms with van der Waals surface area (Å²) < 4.78 is 22.3. The predicted octanol–water partition coefficient (Wildman–Crippen LogP) is 1.31. The first-order chi connectivity index (χ1) is 7.14. The van der Waals surface area contributed by atoms with Gasteiger partial charge in [0.1, 0.15) is 0 Å². The van der Waals surface area contributed by atoms with Crippen LogP contribution in [0.3, 0.4) is 0 Å². The Kier molecular flexibility index (Phi) is 5.28. The zero-order chi connectivity index (χ0) is 11.1. The monoisotopic (exact) mass is 247 g/mol. The van der Waals surface area contributed by atoms with Crippen LogP contribution in [0.4, 0.5) is 0 Å². The summed E-state index contributed by atoms with van der Waals surface area (Å²) in [5, 5.41) is 5.19. The Hall–Kier alpha value is -0.390. The summed E-state index contributed by atoms with van der Waals surface area (Å²) in [6.07, 6.45) is 0.976. The highest BCUT2D eigenvalue weighted by atomic mass is 32.2. The summed E-state index contributed by atoms with van der Waals surface area (Å²) >= 11 is 1.73. The molecule has 1 N–H and O–H groups in total. The van der Waals surface area contributed by atoms with Crippen molar-refractivity contribution in [3.05, 3.63) is 22.4 Å². The van der Waals surface area contributed by atoms with Crippen LogP contribution in [-0.2, 0) is 16.3 Å². The molecule has 0 aliphatic heterocycles. The third-order valence-corrected chi connectivity index (χ3v) is 4.80. The molecule has 1 heterocycles. The van der Waals surface area contributed by atoms with Gasteiger partial charge < -0.3 is 5.32 Å². The SMILES string of the molecule is CCS(=O)(=O)CCNCCc1cccs1. The summed E-state index contributed by atoms with van der Waals surface area (Å²) in [5.74, 6) is 0.480. The van der Waals surface area contributed by atoms with E-state index in [2.05, 4.69) is 16.8 Å². The molecule has 0 saturated carbocycles. The molecule has 0 aliphatic carbocycles. The second-order valence-electron chi connectivity index (χ2n) is 3.32. The van der Waals surface area contributed by atoms with Crippen molar-refractivity contribution < 1.29 is 8.42 Å². The van der Waals surface area contributed by atoms with E-state index in [-0.39, 0.29) is 11.5 Å². The maximum Gasteiger partial charge on any atom is 0.151 e. The molecule has 0 aromatic carbocycles. The molecule has 3 nitrogen and oxygen atoms in total. The lowest BCUT2D eigenvalue weighted by Gasteiger charge is -2.03. The minimum absolute atomic E-state index is 0.236. The van der Waals surface area contributed by atoms with Gasteiger partial charge in [0.2, 0.25) is 0 Å². The highest BCUT2D eigenvalue weighted by molar-refractivity contribution is 7.91. The Morgan fingerprint density at radius 3 is 2.80 bits per heavy atom. The van der Waals surface area contributed by atoms with Crippen molar-refractivity contribution in [3.63, 3.8) is 0 Å². The van der Waals surface area contributed by atoms with E-state index >= 15 is 0 Å². The first kappa shape index (κ1) is 12.7. The van der Waals surface area contributed by atoms with Gasteiger partial charge in [-0.15, -0.1) is 11.3 Å². The first-order valence-electron chi connectivity index (χ1n) is 5.07. The Labute approximate surface area is 95.4 Å². The molecule has 1 aromatic rings. The molecule has 0 radical (unpaired) electrons. The third kappa shape index (κ3) is 5.30. The van der Waals surface area contributed by atoms with Gasteiger partial charge in [0, 0.05) is 17.2 Å². The van der Waals surface area contributed by atoms with Crippen LogP contribution in [0, 0.1) is 0 Å². The highest BCUT2D eigenvalue weighted by Gasteiger charge is 2.05. The van der Waals surface area contributed by atoms with Crippen LogP contribution in [0.15, 0.2) is 17.5 Å². The molecule has 0 unspecified atom stereocenters. The van der Waals surface area contributed by atoms with Gasteiger partial charge >= 0.3 is 0 Å². The second kappa shape index (κ2) is 6.25. The average Bonchev–Trinajstić information content (AvgIpc) is 2.70. The third-order valence-electron chi connectivity index (χ3n) is 2.16. The van der Waals surface area contributed by atoms with Crippen molar-refractivity contribution in [2.45, 2.75) is 13.3 Å². The van der Waals surface area contributed by atoms with E-state index in [0.29, 0.717) is 6.54 Å². The van der Waals surface area contributed by atoms with Crippen LogP contribution in [-0.4, -0.2) is 33.0 Å². The van der Waals surface area contributed by atoms with Crippen LogP contribution in [0.5, 0.6) is 0 Å². The number of hydrogen-bond donors (Lipinski definition) is 1. The highest BCUT2D eigenvalue weighted by Crippen LogP contribution is 2.07. The topological polar surface area (TPSA) is 46.2 Å². The summed E-state index contributed by atoms with van der Waals surface area (Å²) in [4.78, 5) is 1.33. The Morgan fingerprint density at radius 1 is 1.40 bits per heavy atom. The van der Waals surface area contributed by atoms with Crippen molar-refractivity contribution >= 4 is 21.2 Å². The lowest BCUT2D eigenvalue weighted by molar-refractivity contribution is 0.592. The zero-order valence-corrected chi connectivity index (χ0v) is 10.5. The van der Waals surface area contributed by atoms with Crippen LogP contribution >= 0.6 is 11.3 Å². The maximum atomic E-state index is 11.2. The first-order valence-corrected chi connectivity index (χ1v) is 7.77. The summed E-state index contributed by atoms with van der Waals surface area (Å²) in [5.41, 5.74) is 0. The van der Waals surface area contributed by atoms with Crippen molar-refractivity contribution in [2.24, 2.45) is 0 Å². The fourth-order valence-corrected chi connectivity index (χ4v) is 2.62. The number of thiophene rings is 1. The molecule has 0 fully saturated rings. The lowest BCUT2D eigenvalue weighted by atomic mass is 10.3. The quantitative estimate of drug-likeness (QED) is 0.739. The molecule has 0 spiro atoms. The van der Waals surface area contributed by atoms with E-state index in [4.69, 9.17) is 0 Å². The standard InChI is InChI=1S/C10H17NO2S2/c1-2-15(12,13)9-7-11-6-5-10-4-3-8-14-10/h3-4,8,11H,2,5-7,9H2,1H3. The van der Waals surface area contributed by atoms with Crippen molar-refractivity contribution in [2.75, 3.05) is 24.6 Å². The molecule has 5 heteroatoms. The molecule has 0 amide bonds. The van der Waals surface area contributed by atoms with Crippen LogP contribution in [0.1, 0.15) is 11.8 Å². The molecule has 0 atom stereocenters. The van der Waals surface area contributed by atoms with Crippen molar-refractivity contribution in [3.8, 4) is 0 Å². The van der Waals surface area contributed by atoms with Crippen LogP contribution in [0.2, 0.25) is 0 Å². The van der Waals surface area contributed by atoms with E-state index in [0.717, 1.165) is 13.0 Å². The normalized spacial score (nSPS) is 11.8. The maximum absolute atomic E-state index is 11.2. The lowest BCUT2D eigenvalue weighted by Crippen LogP contribution is -2.25.